The van der Waals surface area contributed by atoms with Gasteiger partial charge in [-0.3, -0.25) is 0 Å². The van der Waals surface area contributed by atoms with Gasteiger partial charge in [-0.1, -0.05) is 18.6 Å². The Kier molecular flexibility index (Phi) is 3.72. The fraction of sp³-hybridized carbons (Fsp3) is 0.474. The molecule has 5 rings (SSSR count). The standard InChI is InChI=1S/C19H23N7/c20-17-13-7-3-4-8-14(13)21-19(22-17)25-12-6-9-15(25)18-24-23-16-10-2-1-5-11-26(16)18/h3-4,7-8,15H,1-2,5-6,9-12H2,(H2,20,21,22)/t15-/m0/s1. The van der Waals surface area contributed by atoms with Crippen LogP contribution in [-0.4, -0.2) is 31.3 Å². The minimum Gasteiger partial charge on any atom is -0.383 e. The number of aryl methyl sites for hydroxylation is 1. The molecule has 0 radical (unpaired) electrons. The van der Waals surface area contributed by atoms with Crippen molar-refractivity contribution in [3.8, 4) is 0 Å². The summed E-state index contributed by atoms with van der Waals surface area (Å²) in [5.41, 5.74) is 7.10. The Morgan fingerprint density at radius 3 is 2.85 bits per heavy atom. The summed E-state index contributed by atoms with van der Waals surface area (Å²) in [6.07, 6.45) is 6.85. The number of fused-ring (bicyclic) bond motifs is 2. The van der Waals surface area contributed by atoms with Crippen molar-refractivity contribution < 1.29 is 0 Å². The van der Waals surface area contributed by atoms with Crippen LogP contribution in [0.4, 0.5) is 11.8 Å². The number of benzene rings is 1. The lowest BCUT2D eigenvalue weighted by molar-refractivity contribution is 0.556. The molecule has 0 aliphatic carbocycles. The minimum absolute atomic E-state index is 0.176. The monoisotopic (exact) mass is 349 g/mol. The highest BCUT2D eigenvalue weighted by molar-refractivity contribution is 5.88. The van der Waals surface area contributed by atoms with Crippen LogP contribution >= 0.6 is 0 Å². The fourth-order valence-corrected chi connectivity index (χ4v) is 4.25. The van der Waals surface area contributed by atoms with Gasteiger partial charge in [-0.05, 0) is 37.8 Å². The molecule has 7 heteroatoms. The van der Waals surface area contributed by atoms with Crippen LogP contribution in [0.3, 0.4) is 0 Å². The molecule has 0 unspecified atom stereocenters. The van der Waals surface area contributed by atoms with Crippen molar-refractivity contribution in [3.63, 3.8) is 0 Å². The van der Waals surface area contributed by atoms with E-state index in [-0.39, 0.29) is 6.04 Å². The van der Waals surface area contributed by atoms with Gasteiger partial charge < -0.3 is 15.2 Å². The second kappa shape index (κ2) is 6.23. The Balaban J connectivity index is 1.55. The molecule has 3 aromatic rings. The maximum atomic E-state index is 6.21. The van der Waals surface area contributed by atoms with Crippen molar-refractivity contribution in [2.75, 3.05) is 17.2 Å². The Morgan fingerprint density at radius 2 is 1.88 bits per heavy atom. The third-order valence-electron chi connectivity index (χ3n) is 5.57. The van der Waals surface area contributed by atoms with Gasteiger partial charge in [-0.2, -0.15) is 4.98 Å². The predicted molar refractivity (Wildman–Crippen MR) is 101 cm³/mol. The van der Waals surface area contributed by atoms with Crippen LogP contribution in [0.25, 0.3) is 10.9 Å². The first-order valence-corrected chi connectivity index (χ1v) is 9.52. The molecule has 26 heavy (non-hydrogen) atoms. The molecular formula is C19H23N7. The van der Waals surface area contributed by atoms with Gasteiger partial charge in [0.25, 0.3) is 0 Å². The van der Waals surface area contributed by atoms with Gasteiger partial charge in [-0.25, -0.2) is 4.98 Å². The van der Waals surface area contributed by atoms with E-state index in [9.17, 15) is 0 Å². The number of anilines is 2. The zero-order chi connectivity index (χ0) is 17.5. The van der Waals surface area contributed by atoms with E-state index in [0.29, 0.717) is 11.8 Å². The molecule has 2 aliphatic heterocycles. The summed E-state index contributed by atoms with van der Waals surface area (Å²) in [5, 5.41) is 9.95. The summed E-state index contributed by atoms with van der Waals surface area (Å²) in [5.74, 6) is 3.43. The quantitative estimate of drug-likeness (QED) is 0.766. The first-order valence-electron chi connectivity index (χ1n) is 9.52. The lowest BCUT2D eigenvalue weighted by atomic mass is 10.2. The van der Waals surface area contributed by atoms with E-state index in [1.54, 1.807) is 0 Å². The van der Waals surface area contributed by atoms with E-state index in [2.05, 4.69) is 24.6 Å². The molecule has 4 heterocycles. The highest BCUT2D eigenvalue weighted by Gasteiger charge is 2.33. The van der Waals surface area contributed by atoms with Gasteiger partial charge in [0.2, 0.25) is 5.95 Å². The second-order valence-corrected chi connectivity index (χ2v) is 7.21. The van der Waals surface area contributed by atoms with Gasteiger partial charge in [0.1, 0.15) is 11.6 Å². The third-order valence-corrected chi connectivity index (χ3v) is 5.57. The molecule has 0 saturated carbocycles. The van der Waals surface area contributed by atoms with E-state index in [1.165, 1.54) is 19.3 Å². The Bertz CT molecular complexity index is 948. The number of aromatic nitrogens is 5. The van der Waals surface area contributed by atoms with Crippen molar-refractivity contribution in [1.82, 2.24) is 24.7 Å². The summed E-state index contributed by atoms with van der Waals surface area (Å²) in [4.78, 5) is 11.7. The highest BCUT2D eigenvalue weighted by atomic mass is 15.4. The van der Waals surface area contributed by atoms with Crippen molar-refractivity contribution >= 4 is 22.7 Å². The van der Waals surface area contributed by atoms with Gasteiger partial charge in [-0.15, -0.1) is 10.2 Å². The molecule has 0 amide bonds. The van der Waals surface area contributed by atoms with E-state index in [1.807, 2.05) is 24.3 Å². The largest absolute Gasteiger partial charge is 0.383 e. The predicted octanol–water partition coefficient (Wildman–Crippen LogP) is 2.87. The number of rotatable bonds is 2. The molecule has 2 N–H and O–H groups in total. The number of nitrogens with zero attached hydrogens (tertiary/aromatic N) is 6. The van der Waals surface area contributed by atoms with E-state index < -0.39 is 0 Å². The van der Waals surface area contributed by atoms with Crippen molar-refractivity contribution in [2.24, 2.45) is 0 Å². The maximum Gasteiger partial charge on any atom is 0.228 e. The summed E-state index contributed by atoms with van der Waals surface area (Å²) < 4.78 is 2.33. The van der Waals surface area contributed by atoms with Crippen molar-refractivity contribution in [3.05, 3.63) is 35.9 Å². The lowest BCUT2D eigenvalue weighted by Gasteiger charge is -2.25. The SMILES string of the molecule is Nc1nc(N2CCC[C@H]2c2nnc3n2CCCCC3)nc2ccccc12. The van der Waals surface area contributed by atoms with Crippen LogP contribution < -0.4 is 10.6 Å². The first-order chi connectivity index (χ1) is 12.8. The molecule has 7 nitrogen and oxygen atoms in total. The Labute approximate surface area is 152 Å². The second-order valence-electron chi connectivity index (χ2n) is 7.21. The Hall–Kier alpha value is -2.70. The van der Waals surface area contributed by atoms with Crippen LogP contribution in [-0.2, 0) is 13.0 Å². The van der Waals surface area contributed by atoms with Crippen LogP contribution in [0.1, 0.15) is 49.8 Å². The summed E-state index contributed by atoms with van der Waals surface area (Å²) >= 11 is 0. The average Bonchev–Trinajstić information content (AvgIpc) is 3.22. The normalized spacial score (nSPS) is 20.3. The van der Waals surface area contributed by atoms with Gasteiger partial charge >= 0.3 is 0 Å². The van der Waals surface area contributed by atoms with Gasteiger partial charge in [0, 0.05) is 24.9 Å². The summed E-state index contributed by atoms with van der Waals surface area (Å²) in [6, 6.07) is 8.08. The molecule has 1 saturated heterocycles. The summed E-state index contributed by atoms with van der Waals surface area (Å²) in [6.45, 7) is 1.94. The van der Waals surface area contributed by atoms with E-state index in [4.69, 9.17) is 10.7 Å². The number of para-hydroxylation sites is 1. The van der Waals surface area contributed by atoms with Crippen LogP contribution in [0, 0.1) is 0 Å². The molecule has 134 valence electrons. The Morgan fingerprint density at radius 1 is 0.962 bits per heavy atom. The van der Waals surface area contributed by atoms with Gasteiger partial charge in [0.05, 0.1) is 11.6 Å². The molecule has 0 spiro atoms. The molecule has 1 atom stereocenters. The molecular weight excluding hydrogens is 326 g/mol. The molecule has 1 fully saturated rings. The minimum atomic E-state index is 0.176. The molecule has 1 aromatic carbocycles. The fourth-order valence-electron chi connectivity index (χ4n) is 4.25. The van der Waals surface area contributed by atoms with E-state index >= 15 is 0 Å². The molecule has 2 aliphatic rings. The number of hydrogen-bond donors (Lipinski definition) is 1. The van der Waals surface area contributed by atoms with E-state index in [0.717, 1.165) is 54.9 Å². The molecule has 2 aromatic heterocycles. The van der Waals surface area contributed by atoms with Gasteiger partial charge in [0.15, 0.2) is 5.82 Å². The number of nitrogen functional groups attached to an aromatic ring is 1. The third kappa shape index (κ3) is 2.50. The van der Waals surface area contributed by atoms with Crippen LogP contribution in [0.5, 0.6) is 0 Å². The van der Waals surface area contributed by atoms with Crippen LogP contribution in [0.2, 0.25) is 0 Å². The van der Waals surface area contributed by atoms with Crippen LogP contribution in [0.15, 0.2) is 24.3 Å². The maximum absolute atomic E-state index is 6.21. The average molecular weight is 349 g/mol. The topological polar surface area (TPSA) is 85.8 Å². The number of nitrogens with two attached hydrogens (primary N) is 1. The zero-order valence-electron chi connectivity index (χ0n) is 14.8. The first kappa shape index (κ1) is 15.5. The molecule has 0 bridgehead atoms. The highest BCUT2D eigenvalue weighted by Crippen LogP contribution is 2.35. The number of hydrogen-bond acceptors (Lipinski definition) is 6. The van der Waals surface area contributed by atoms with Crippen molar-refractivity contribution in [2.45, 2.75) is 51.1 Å². The zero-order valence-corrected chi connectivity index (χ0v) is 14.8. The summed E-state index contributed by atoms with van der Waals surface area (Å²) in [7, 11) is 0. The van der Waals surface area contributed by atoms with Crippen molar-refractivity contribution in [1.29, 1.82) is 0 Å². The smallest absolute Gasteiger partial charge is 0.228 e. The lowest BCUT2D eigenvalue weighted by Crippen LogP contribution is -2.27.